The Morgan fingerprint density at radius 1 is 1.29 bits per heavy atom. The van der Waals surface area contributed by atoms with E-state index in [9.17, 15) is 5.11 Å². The van der Waals surface area contributed by atoms with Gasteiger partial charge in [0.15, 0.2) is 0 Å². The average Bonchev–Trinajstić information content (AvgIpc) is 2.71. The maximum Gasteiger partial charge on any atom is 0.139 e. The number of aromatic nitrogens is 4. The lowest BCUT2D eigenvalue weighted by molar-refractivity contribution is 0.199. The molecule has 1 unspecified atom stereocenters. The maximum absolute atomic E-state index is 9.27. The van der Waals surface area contributed by atoms with Gasteiger partial charge in [-0.05, 0) is 18.6 Å². The standard InChI is InChI=1S/C9H10N4O/c1-7(14)8-2-3-9(10-4-8)13-5-11-12-6-13/h2-7,14H,1H3. The zero-order valence-corrected chi connectivity index (χ0v) is 7.70. The quantitative estimate of drug-likeness (QED) is 0.757. The van der Waals surface area contributed by atoms with Crippen molar-refractivity contribution in [2.45, 2.75) is 13.0 Å². The van der Waals surface area contributed by atoms with Crippen LogP contribution < -0.4 is 0 Å². The third kappa shape index (κ3) is 1.62. The highest BCUT2D eigenvalue weighted by atomic mass is 16.3. The Labute approximate surface area is 81.1 Å². The number of nitrogens with zero attached hydrogens (tertiary/aromatic N) is 4. The Hall–Kier alpha value is -1.75. The maximum atomic E-state index is 9.27. The number of aliphatic hydroxyl groups is 1. The van der Waals surface area contributed by atoms with Crippen LogP contribution in [0.1, 0.15) is 18.6 Å². The van der Waals surface area contributed by atoms with E-state index in [2.05, 4.69) is 15.2 Å². The fourth-order valence-corrected chi connectivity index (χ4v) is 1.12. The molecule has 5 nitrogen and oxygen atoms in total. The summed E-state index contributed by atoms with van der Waals surface area (Å²) in [5, 5.41) is 16.6. The average molecular weight is 190 g/mol. The zero-order valence-electron chi connectivity index (χ0n) is 7.70. The lowest BCUT2D eigenvalue weighted by Gasteiger charge is -2.04. The van der Waals surface area contributed by atoms with Crippen molar-refractivity contribution in [3.05, 3.63) is 36.5 Å². The largest absolute Gasteiger partial charge is 0.389 e. The van der Waals surface area contributed by atoms with E-state index in [0.29, 0.717) is 0 Å². The van der Waals surface area contributed by atoms with Crippen LogP contribution in [0.5, 0.6) is 0 Å². The van der Waals surface area contributed by atoms with E-state index in [1.54, 1.807) is 30.3 Å². The van der Waals surface area contributed by atoms with Crippen LogP contribution in [-0.4, -0.2) is 24.9 Å². The molecule has 0 spiro atoms. The predicted octanol–water partition coefficient (Wildman–Crippen LogP) is 0.716. The number of pyridine rings is 1. The van der Waals surface area contributed by atoms with E-state index in [1.807, 2.05) is 12.1 Å². The molecule has 0 fully saturated rings. The van der Waals surface area contributed by atoms with Gasteiger partial charge >= 0.3 is 0 Å². The van der Waals surface area contributed by atoms with Gasteiger partial charge in [-0.3, -0.25) is 4.57 Å². The Balaban J connectivity index is 2.31. The van der Waals surface area contributed by atoms with Gasteiger partial charge in [0, 0.05) is 6.20 Å². The zero-order chi connectivity index (χ0) is 9.97. The van der Waals surface area contributed by atoms with E-state index in [1.165, 1.54) is 0 Å². The Morgan fingerprint density at radius 2 is 2.00 bits per heavy atom. The molecule has 14 heavy (non-hydrogen) atoms. The Morgan fingerprint density at radius 3 is 2.50 bits per heavy atom. The first-order valence-electron chi connectivity index (χ1n) is 4.26. The Bertz CT molecular complexity index is 393. The minimum absolute atomic E-state index is 0.488. The molecule has 2 aromatic rings. The summed E-state index contributed by atoms with van der Waals surface area (Å²) in [5.74, 6) is 0.736. The molecule has 0 aromatic carbocycles. The van der Waals surface area contributed by atoms with E-state index in [-0.39, 0.29) is 0 Å². The SMILES string of the molecule is CC(O)c1ccc(-n2cnnc2)nc1. The lowest BCUT2D eigenvalue weighted by atomic mass is 10.2. The molecule has 0 aliphatic carbocycles. The number of hydrogen-bond acceptors (Lipinski definition) is 4. The first kappa shape index (κ1) is 8.83. The van der Waals surface area contributed by atoms with Crippen LogP contribution in [0.3, 0.4) is 0 Å². The third-order valence-electron chi connectivity index (χ3n) is 1.94. The van der Waals surface area contributed by atoms with Crippen molar-refractivity contribution in [3.8, 4) is 5.82 Å². The molecule has 0 saturated heterocycles. The van der Waals surface area contributed by atoms with Gasteiger partial charge < -0.3 is 5.11 Å². The summed E-state index contributed by atoms with van der Waals surface area (Å²) in [4.78, 5) is 4.17. The van der Waals surface area contributed by atoms with Crippen LogP contribution in [0.15, 0.2) is 31.0 Å². The van der Waals surface area contributed by atoms with Crippen molar-refractivity contribution in [2.24, 2.45) is 0 Å². The molecule has 0 saturated carbocycles. The van der Waals surface area contributed by atoms with Gasteiger partial charge in [0.2, 0.25) is 0 Å². The first-order chi connectivity index (χ1) is 6.77. The monoisotopic (exact) mass is 190 g/mol. The van der Waals surface area contributed by atoms with Crippen molar-refractivity contribution in [2.75, 3.05) is 0 Å². The smallest absolute Gasteiger partial charge is 0.139 e. The van der Waals surface area contributed by atoms with Crippen molar-refractivity contribution >= 4 is 0 Å². The molecule has 2 heterocycles. The van der Waals surface area contributed by atoms with Gasteiger partial charge in [0.1, 0.15) is 18.5 Å². The second-order valence-electron chi connectivity index (χ2n) is 2.99. The molecular formula is C9H10N4O. The van der Waals surface area contributed by atoms with Gasteiger partial charge in [-0.2, -0.15) is 0 Å². The first-order valence-corrected chi connectivity index (χ1v) is 4.26. The van der Waals surface area contributed by atoms with E-state index < -0.39 is 6.10 Å². The van der Waals surface area contributed by atoms with Crippen LogP contribution >= 0.6 is 0 Å². The van der Waals surface area contributed by atoms with Crippen molar-refractivity contribution < 1.29 is 5.11 Å². The fraction of sp³-hybridized carbons (Fsp3) is 0.222. The summed E-state index contributed by atoms with van der Waals surface area (Å²) < 4.78 is 1.70. The molecule has 0 amide bonds. The van der Waals surface area contributed by atoms with Crippen LogP contribution in [0.2, 0.25) is 0 Å². The highest BCUT2D eigenvalue weighted by Gasteiger charge is 2.02. The third-order valence-corrected chi connectivity index (χ3v) is 1.94. The van der Waals surface area contributed by atoms with Gasteiger partial charge in [0.05, 0.1) is 6.10 Å². The molecule has 1 N–H and O–H groups in total. The molecule has 0 aliphatic heterocycles. The lowest BCUT2D eigenvalue weighted by Crippen LogP contribution is -1.97. The summed E-state index contributed by atoms with van der Waals surface area (Å²) in [6, 6.07) is 3.64. The number of hydrogen-bond donors (Lipinski definition) is 1. The van der Waals surface area contributed by atoms with Gasteiger partial charge in [0.25, 0.3) is 0 Å². The van der Waals surface area contributed by atoms with Crippen molar-refractivity contribution in [1.29, 1.82) is 0 Å². The second-order valence-corrected chi connectivity index (χ2v) is 2.99. The Kier molecular flexibility index (Phi) is 2.24. The molecule has 0 aliphatic rings. The van der Waals surface area contributed by atoms with Gasteiger partial charge in [-0.15, -0.1) is 10.2 Å². The van der Waals surface area contributed by atoms with Gasteiger partial charge in [-0.1, -0.05) is 6.07 Å². The fourth-order valence-electron chi connectivity index (χ4n) is 1.12. The van der Waals surface area contributed by atoms with E-state index >= 15 is 0 Å². The topological polar surface area (TPSA) is 63.8 Å². The van der Waals surface area contributed by atoms with E-state index in [4.69, 9.17) is 0 Å². The predicted molar refractivity (Wildman–Crippen MR) is 49.8 cm³/mol. The van der Waals surface area contributed by atoms with Gasteiger partial charge in [-0.25, -0.2) is 4.98 Å². The molecule has 5 heteroatoms. The molecule has 72 valence electrons. The van der Waals surface area contributed by atoms with Crippen molar-refractivity contribution in [1.82, 2.24) is 19.7 Å². The number of aliphatic hydroxyl groups excluding tert-OH is 1. The normalized spacial score (nSPS) is 12.7. The number of rotatable bonds is 2. The summed E-state index contributed by atoms with van der Waals surface area (Å²) in [5.41, 5.74) is 0.793. The summed E-state index contributed by atoms with van der Waals surface area (Å²) in [6.45, 7) is 1.70. The molecular weight excluding hydrogens is 180 g/mol. The van der Waals surface area contributed by atoms with Crippen LogP contribution in [0.4, 0.5) is 0 Å². The highest BCUT2D eigenvalue weighted by molar-refractivity contribution is 5.25. The van der Waals surface area contributed by atoms with Crippen LogP contribution in [-0.2, 0) is 0 Å². The molecule has 2 rings (SSSR count). The molecule has 0 radical (unpaired) electrons. The van der Waals surface area contributed by atoms with Crippen LogP contribution in [0, 0.1) is 0 Å². The second kappa shape index (κ2) is 3.55. The molecule has 0 bridgehead atoms. The molecule has 1 atom stereocenters. The van der Waals surface area contributed by atoms with Crippen LogP contribution in [0.25, 0.3) is 5.82 Å². The highest BCUT2D eigenvalue weighted by Crippen LogP contribution is 2.11. The molecule has 2 aromatic heterocycles. The summed E-state index contributed by atoms with van der Waals surface area (Å²) in [7, 11) is 0. The summed E-state index contributed by atoms with van der Waals surface area (Å²) in [6.07, 6.45) is 4.30. The van der Waals surface area contributed by atoms with E-state index in [0.717, 1.165) is 11.4 Å². The summed E-state index contributed by atoms with van der Waals surface area (Å²) >= 11 is 0. The van der Waals surface area contributed by atoms with Crippen molar-refractivity contribution in [3.63, 3.8) is 0 Å². The minimum Gasteiger partial charge on any atom is -0.389 e. The minimum atomic E-state index is -0.488.